The van der Waals surface area contributed by atoms with Crippen LogP contribution in [0.15, 0.2) is 91.0 Å². The maximum atomic E-state index is 10.9. The minimum Gasteiger partial charge on any atom is -0.481 e. The summed E-state index contributed by atoms with van der Waals surface area (Å²) in [4.78, 5) is 16.2. The summed E-state index contributed by atoms with van der Waals surface area (Å²) in [6, 6.07) is 31.7. The van der Waals surface area contributed by atoms with Crippen LogP contribution in [0.4, 0.5) is 0 Å². The highest BCUT2D eigenvalue weighted by atomic mass is 16.4. The van der Waals surface area contributed by atoms with E-state index in [1.54, 1.807) is 0 Å². The van der Waals surface area contributed by atoms with E-state index in [1.165, 1.54) is 11.3 Å². The van der Waals surface area contributed by atoms with E-state index in [1.807, 2.05) is 12.1 Å². The van der Waals surface area contributed by atoms with Gasteiger partial charge in [0.2, 0.25) is 0 Å². The Labute approximate surface area is 226 Å². The summed E-state index contributed by atoms with van der Waals surface area (Å²) in [5, 5.41) is 12.8. The van der Waals surface area contributed by atoms with Gasteiger partial charge < -0.3 is 15.0 Å². The molecule has 3 aromatic carbocycles. The lowest BCUT2D eigenvalue weighted by Crippen LogP contribution is -2.27. The van der Waals surface area contributed by atoms with E-state index in [2.05, 4.69) is 95.7 Å². The number of carbonyl (C=O) groups is 1. The molecule has 2 N–H and O–H groups in total. The molecular formula is C33H39N3O2. The van der Waals surface area contributed by atoms with Crippen molar-refractivity contribution in [3.8, 4) is 22.6 Å². The number of aromatic nitrogens is 2. The summed E-state index contributed by atoms with van der Waals surface area (Å²) in [7, 11) is 0. The Balaban J connectivity index is 1.76. The van der Waals surface area contributed by atoms with Crippen molar-refractivity contribution in [1.82, 2.24) is 14.9 Å². The smallest absolute Gasteiger partial charge is 0.303 e. The molecule has 0 radical (unpaired) electrons. The highest BCUT2D eigenvalue weighted by Crippen LogP contribution is 2.35. The summed E-state index contributed by atoms with van der Waals surface area (Å²) in [6.45, 7) is 3.96. The van der Waals surface area contributed by atoms with Gasteiger partial charge in [-0.1, -0.05) is 111 Å². The van der Waals surface area contributed by atoms with Gasteiger partial charge in [0.15, 0.2) is 0 Å². The summed E-state index contributed by atoms with van der Waals surface area (Å²) in [5.74, 6) is 0.287. The average molecular weight is 510 g/mol. The van der Waals surface area contributed by atoms with E-state index in [9.17, 15) is 4.79 Å². The lowest BCUT2D eigenvalue weighted by Gasteiger charge is -2.23. The average Bonchev–Trinajstić information content (AvgIpc) is 3.33. The van der Waals surface area contributed by atoms with Crippen LogP contribution in [0.1, 0.15) is 62.7 Å². The number of hydrogen-bond donors (Lipinski definition) is 2. The minimum atomic E-state index is -0.722. The monoisotopic (exact) mass is 509 g/mol. The number of nitrogens with zero attached hydrogens (tertiary/aromatic N) is 2. The van der Waals surface area contributed by atoms with Gasteiger partial charge in [0.05, 0.1) is 17.4 Å². The predicted molar refractivity (Wildman–Crippen MR) is 155 cm³/mol. The van der Waals surface area contributed by atoms with E-state index in [4.69, 9.17) is 10.1 Å². The third kappa shape index (κ3) is 7.42. The zero-order chi connectivity index (χ0) is 26.6. The quantitative estimate of drug-likeness (QED) is 0.163. The number of hydrogen-bond acceptors (Lipinski definition) is 3. The van der Waals surface area contributed by atoms with Crippen LogP contribution in [0.25, 0.3) is 22.6 Å². The standard InChI is InChI=1S/C33H39N3O2/c1-2-3-24-36-32(29(25-26-16-8-4-9-17-26)34-23-15-7-14-22-30(37)38)31(27-18-10-5-11-19-27)35-33(36)28-20-12-6-13-21-28/h4-6,8-13,16-21,29,34H,2-3,7,14-15,22-25H2,1H3,(H,37,38). The molecule has 0 saturated carbocycles. The second-order valence-corrected chi connectivity index (χ2v) is 9.81. The molecule has 1 heterocycles. The van der Waals surface area contributed by atoms with Gasteiger partial charge in [0, 0.05) is 24.1 Å². The molecule has 4 aromatic rings. The Hall–Kier alpha value is -3.70. The summed E-state index contributed by atoms with van der Waals surface area (Å²) in [6.07, 6.45) is 5.80. The normalized spacial score (nSPS) is 11.9. The third-order valence-corrected chi connectivity index (χ3v) is 6.89. The highest BCUT2D eigenvalue weighted by Gasteiger charge is 2.26. The van der Waals surface area contributed by atoms with Crippen LogP contribution in [0.3, 0.4) is 0 Å². The lowest BCUT2D eigenvalue weighted by molar-refractivity contribution is -0.137. The van der Waals surface area contributed by atoms with Gasteiger partial charge in [0.1, 0.15) is 5.82 Å². The van der Waals surface area contributed by atoms with E-state index >= 15 is 0 Å². The Bertz CT molecular complexity index is 1250. The fourth-order valence-corrected chi connectivity index (χ4v) is 4.95. The van der Waals surface area contributed by atoms with Gasteiger partial charge >= 0.3 is 5.97 Å². The summed E-state index contributed by atoms with van der Waals surface area (Å²) >= 11 is 0. The van der Waals surface area contributed by atoms with Crippen molar-refractivity contribution in [2.45, 2.75) is 64.5 Å². The van der Waals surface area contributed by atoms with Crippen LogP contribution in [-0.4, -0.2) is 27.2 Å². The molecule has 1 unspecified atom stereocenters. The topological polar surface area (TPSA) is 67.2 Å². The van der Waals surface area contributed by atoms with E-state index in [0.717, 1.165) is 67.8 Å². The van der Waals surface area contributed by atoms with Crippen LogP contribution < -0.4 is 5.32 Å². The van der Waals surface area contributed by atoms with Crippen molar-refractivity contribution < 1.29 is 9.90 Å². The number of aliphatic carboxylic acids is 1. The van der Waals surface area contributed by atoms with Crippen molar-refractivity contribution in [1.29, 1.82) is 0 Å². The zero-order valence-electron chi connectivity index (χ0n) is 22.4. The van der Waals surface area contributed by atoms with Crippen LogP contribution in [0, 0.1) is 0 Å². The van der Waals surface area contributed by atoms with Gasteiger partial charge in [-0.3, -0.25) is 4.79 Å². The molecule has 5 heteroatoms. The van der Waals surface area contributed by atoms with Crippen LogP contribution in [0.5, 0.6) is 0 Å². The van der Waals surface area contributed by atoms with E-state index in [0.29, 0.717) is 6.42 Å². The van der Waals surface area contributed by atoms with E-state index < -0.39 is 5.97 Å². The SMILES string of the molecule is CCCCn1c(-c2ccccc2)nc(-c2ccccc2)c1C(Cc1ccccc1)NCCCCCC(=O)O. The van der Waals surface area contributed by atoms with Gasteiger partial charge in [-0.25, -0.2) is 4.98 Å². The van der Waals surface area contributed by atoms with Crippen molar-refractivity contribution in [3.63, 3.8) is 0 Å². The molecule has 0 spiro atoms. The van der Waals surface area contributed by atoms with Crippen LogP contribution in [0.2, 0.25) is 0 Å². The maximum Gasteiger partial charge on any atom is 0.303 e. The van der Waals surface area contributed by atoms with Gasteiger partial charge in [-0.15, -0.1) is 0 Å². The first-order chi connectivity index (χ1) is 18.7. The number of imidazole rings is 1. The van der Waals surface area contributed by atoms with Crippen LogP contribution >= 0.6 is 0 Å². The van der Waals surface area contributed by atoms with Crippen molar-refractivity contribution in [2.75, 3.05) is 6.54 Å². The molecule has 0 aliphatic heterocycles. The Kier molecular flexibility index (Phi) is 10.3. The first kappa shape index (κ1) is 27.3. The zero-order valence-corrected chi connectivity index (χ0v) is 22.4. The van der Waals surface area contributed by atoms with Gasteiger partial charge in [-0.05, 0) is 37.8 Å². The Morgan fingerprint density at radius 2 is 1.47 bits per heavy atom. The number of nitrogens with one attached hydrogen (secondary N) is 1. The fourth-order valence-electron chi connectivity index (χ4n) is 4.95. The second-order valence-electron chi connectivity index (χ2n) is 9.81. The molecule has 0 aliphatic rings. The molecule has 0 aliphatic carbocycles. The first-order valence-electron chi connectivity index (χ1n) is 13.9. The lowest BCUT2D eigenvalue weighted by atomic mass is 9.98. The molecule has 1 aromatic heterocycles. The molecule has 5 nitrogen and oxygen atoms in total. The Morgan fingerprint density at radius 1 is 0.842 bits per heavy atom. The Morgan fingerprint density at radius 3 is 2.11 bits per heavy atom. The number of carboxylic acids is 1. The van der Waals surface area contributed by atoms with Crippen LogP contribution in [-0.2, 0) is 17.8 Å². The number of rotatable bonds is 15. The molecule has 0 fully saturated rings. The minimum absolute atomic E-state index is 0.0638. The highest BCUT2D eigenvalue weighted by molar-refractivity contribution is 5.69. The molecule has 4 rings (SSSR count). The number of unbranched alkanes of at least 4 members (excludes halogenated alkanes) is 3. The second kappa shape index (κ2) is 14.3. The molecule has 0 bridgehead atoms. The molecule has 198 valence electrons. The van der Waals surface area contributed by atoms with Crippen molar-refractivity contribution in [3.05, 3.63) is 102 Å². The van der Waals surface area contributed by atoms with Gasteiger partial charge in [-0.2, -0.15) is 0 Å². The first-order valence-corrected chi connectivity index (χ1v) is 13.9. The van der Waals surface area contributed by atoms with Crippen molar-refractivity contribution >= 4 is 5.97 Å². The predicted octanol–water partition coefficient (Wildman–Crippen LogP) is 7.54. The molecule has 0 saturated heterocycles. The van der Waals surface area contributed by atoms with Gasteiger partial charge in [0.25, 0.3) is 0 Å². The largest absolute Gasteiger partial charge is 0.481 e. The molecule has 38 heavy (non-hydrogen) atoms. The molecule has 1 atom stereocenters. The number of benzene rings is 3. The maximum absolute atomic E-state index is 10.9. The third-order valence-electron chi connectivity index (χ3n) is 6.89. The summed E-state index contributed by atoms with van der Waals surface area (Å²) < 4.78 is 2.44. The molecular weight excluding hydrogens is 470 g/mol. The molecule has 0 amide bonds. The van der Waals surface area contributed by atoms with Crippen molar-refractivity contribution in [2.24, 2.45) is 0 Å². The van der Waals surface area contributed by atoms with E-state index in [-0.39, 0.29) is 12.5 Å². The fraction of sp³-hybridized carbons (Fsp3) is 0.333. The summed E-state index contributed by atoms with van der Waals surface area (Å²) in [5.41, 5.74) is 5.77. The number of carboxylic acid groups (broad SMARTS) is 1.